The first-order valence-corrected chi connectivity index (χ1v) is 6.36. The summed E-state index contributed by atoms with van der Waals surface area (Å²) in [5, 5.41) is 12.0. The third-order valence-corrected chi connectivity index (χ3v) is 3.35. The minimum Gasteiger partial charge on any atom is -0.466 e. The number of hydrogen-bond acceptors (Lipinski definition) is 3. The lowest BCUT2D eigenvalue weighted by Crippen LogP contribution is -2.39. The second kappa shape index (κ2) is 6.05. The van der Waals surface area contributed by atoms with Crippen LogP contribution in [-0.4, -0.2) is 23.7 Å². The molecule has 1 aromatic heterocycles. The zero-order valence-corrected chi connectivity index (χ0v) is 11.8. The molecule has 1 heterocycles. The van der Waals surface area contributed by atoms with E-state index in [1.54, 1.807) is 6.92 Å². The normalized spacial score (nSPS) is 12.8. The Hall–Kier alpha value is -1.29. The van der Waals surface area contributed by atoms with Crippen molar-refractivity contribution < 1.29 is 14.3 Å². The molecule has 0 radical (unpaired) electrons. The highest BCUT2D eigenvalue weighted by molar-refractivity contribution is 5.97. The third-order valence-electron chi connectivity index (χ3n) is 3.35. The number of furan rings is 1. The van der Waals surface area contributed by atoms with Crippen molar-refractivity contribution in [3.05, 3.63) is 22.6 Å². The summed E-state index contributed by atoms with van der Waals surface area (Å²) in [5.74, 6) is 1.60. The minimum absolute atomic E-state index is 0.0171. The molecule has 4 nitrogen and oxygen atoms in total. The largest absolute Gasteiger partial charge is 0.466 e. The van der Waals surface area contributed by atoms with Gasteiger partial charge in [-0.3, -0.25) is 4.79 Å². The lowest BCUT2D eigenvalue weighted by molar-refractivity contribution is 0.0914. The molecule has 102 valence electrons. The number of nitrogens with one attached hydrogen (secondary N) is 1. The summed E-state index contributed by atoms with van der Waals surface area (Å²) in [4.78, 5) is 12.2. The summed E-state index contributed by atoms with van der Waals surface area (Å²) in [7, 11) is 0. The van der Waals surface area contributed by atoms with Gasteiger partial charge < -0.3 is 14.8 Å². The van der Waals surface area contributed by atoms with Gasteiger partial charge in [0.2, 0.25) is 0 Å². The Balaban J connectivity index is 2.87. The van der Waals surface area contributed by atoms with Gasteiger partial charge in [-0.05, 0) is 33.1 Å². The fraction of sp³-hybridized carbons (Fsp3) is 0.643. The summed E-state index contributed by atoms with van der Waals surface area (Å²) in [6.07, 6.45) is 0.568. The van der Waals surface area contributed by atoms with E-state index in [2.05, 4.69) is 5.32 Å². The molecular weight excluding hydrogens is 230 g/mol. The molecular formula is C14H23NO3. The molecule has 1 rings (SSSR count). The molecule has 0 aromatic carbocycles. The smallest absolute Gasteiger partial charge is 0.255 e. The van der Waals surface area contributed by atoms with E-state index in [0.717, 1.165) is 11.3 Å². The van der Waals surface area contributed by atoms with Crippen molar-refractivity contribution in [1.82, 2.24) is 5.32 Å². The average Bonchev–Trinajstić information content (AvgIpc) is 2.52. The van der Waals surface area contributed by atoms with Gasteiger partial charge >= 0.3 is 0 Å². The number of amides is 1. The first-order chi connectivity index (χ1) is 8.38. The van der Waals surface area contributed by atoms with Gasteiger partial charge in [-0.25, -0.2) is 0 Å². The third kappa shape index (κ3) is 3.13. The van der Waals surface area contributed by atoms with E-state index in [1.807, 2.05) is 27.7 Å². The molecule has 1 aromatic rings. The van der Waals surface area contributed by atoms with Crippen LogP contribution >= 0.6 is 0 Å². The van der Waals surface area contributed by atoms with Crippen molar-refractivity contribution in [3.63, 3.8) is 0 Å². The van der Waals surface area contributed by atoms with Gasteiger partial charge in [-0.1, -0.05) is 13.8 Å². The fourth-order valence-electron chi connectivity index (χ4n) is 2.08. The predicted molar refractivity (Wildman–Crippen MR) is 70.7 cm³/mol. The van der Waals surface area contributed by atoms with E-state index in [-0.39, 0.29) is 24.5 Å². The van der Waals surface area contributed by atoms with Crippen molar-refractivity contribution in [2.24, 2.45) is 5.92 Å². The Labute approximate surface area is 108 Å². The summed E-state index contributed by atoms with van der Waals surface area (Å²) < 4.78 is 5.46. The quantitative estimate of drug-likeness (QED) is 0.846. The van der Waals surface area contributed by atoms with Crippen molar-refractivity contribution in [2.45, 2.75) is 47.1 Å². The maximum absolute atomic E-state index is 12.2. The number of rotatable bonds is 5. The summed E-state index contributed by atoms with van der Waals surface area (Å²) in [6.45, 7) is 9.67. The Morgan fingerprint density at radius 3 is 2.28 bits per heavy atom. The number of aliphatic hydroxyl groups is 1. The molecule has 18 heavy (non-hydrogen) atoms. The van der Waals surface area contributed by atoms with E-state index >= 15 is 0 Å². The van der Waals surface area contributed by atoms with E-state index in [4.69, 9.17) is 9.52 Å². The monoisotopic (exact) mass is 253 g/mol. The van der Waals surface area contributed by atoms with Crippen molar-refractivity contribution in [3.8, 4) is 0 Å². The molecule has 0 aliphatic carbocycles. The maximum atomic E-state index is 12.2. The fourth-order valence-corrected chi connectivity index (χ4v) is 2.08. The molecule has 2 N–H and O–H groups in total. The van der Waals surface area contributed by atoms with Gasteiger partial charge in [-0.15, -0.1) is 0 Å². The topological polar surface area (TPSA) is 62.5 Å². The first-order valence-electron chi connectivity index (χ1n) is 6.36. The van der Waals surface area contributed by atoms with Crippen LogP contribution in [0.25, 0.3) is 0 Å². The zero-order chi connectivity index (χ0) is 13.9. The second-order valence-electron chi connectivity index (χ2n) is 5.05. The molecule has 0 fully saturated rings. The highest BCUT2D eigenvalue weighted by atomic mass is 16.3. The van der Waals surface area contributed by atoms with Crippen molar-refractivity contribution in [1.29, 1.82) is 0 Å². The van der Waals surface area contributed by atoms with Gasteiger partial charge in [0.15, 0.2) is 0 Å². The molecule has 4 heteroatoms. The summed E-state index contributed by atoms with van der Waals surface area (Å²) in [5.41, 5.74) is 1.51. The number of carbonyl (C=O) groups excluding carboxylic acids is 1. The Bertz CT molecular complexity index is 421. The Kier molecular flexibility index (Phi) is 4.96. The number of aliphatic hydroxyl groups excluding tert-OH is 1. The van der Waals surface area contributed by atoms with Crippen LogP contribution in [0.4, 0.5) is 0 Å². The molecule has 0 aliphatic heterocycles. The molecule has 0 spiro atoms. The SMILES string of the molecule is Cc1oc(C)c(C(=O)NC(CCO)C(C)C)c1C. The van der Waals surface area contributed by atoms with Gasteiger partial charge in [0.05, 0.1) is 5.56 Å². The van der Waals surface area contributed by atoms with Crippen LogP contribution in [0, 0.1) is 26.7 Å². The van der Waals surface area contributed by atoms with E-state index in [9.17, 15) is 4.79 Å². The molecule has 0 aliphatic rings. The summed E-state index contributed by atoms with van der Waals surface area (Å²) >= 11 is 0. The van der Waals surface area contributed by atoms with Gasteiger partial charge in [-0.2, -0.15) is 0 Å². The molecule has 1 unspecified atom stereocenters. The van der Waals surface area contributed by atoms with Crippen LogP contribution in [0.1, 0.15) is 47.7 Å². The van der Waals surface area contributed by atoms with E-state index in [0.29, 0.717) is 17.7 Å². The molecule has 0 saturated heterocycles. The highest BCUT2D eigenvalue weighted by Crippen LogP contribution is 2.21. The van der Waals surface area contributed by atoms with Crippen LogP contribution in [0.5, 0.6) is 0 Å². The summed E-state index contributed by atoms with van der Waals surface area (Å²) in [6, 6.07) is -0.0171. The van der Waals surface area contributed by atoms with E-state index < -0.39 is 0 Å². The van der Waals surface area contributed by atoms with Crippen LogP contribution in [-0.2, 0) is 0 Å². The lowest BCUT2D eigenvalue weighted by atomic mass is 10.0. The van der Waals surface area contributed by atoms with Crippen LogP contribution in [0.2, 0.25) is 0 Å². The zero-order valence-electron chi connectivity index (χ0n) is 11.8. The standard InChI is InChI=1S/C14H23NO3/c1-8(2)12(6-7-16)15-14(17)13-9(3)10(4)18-11(13)5/h8,12,16H,6-7H2,1-5H3,(H,15,17). The average molecular weight is 253 g/mol. The van der Waals surface area contributed by atoms with Crippen LogP contribution < -0.4 is 5.32 Å². The Morgan fingerprint density at radius 2 is 1.89 bits per heavy atom. The molecule has 0 bridgehead atoms. The second-order valence-corrected chi connectivity index (χ2v) is 5.05. The van der Waals surface area contributed by atoms with Gasteiger partial charge in [0, 0.05) is 18.2 Å². The van der Waals surface area contributed by atoms with Gasteiger partial charge in [0.1, 0.15) is 11.5 Å². The van der Waals surface area contributed by atoms with Crippen LogP contribution in [0.3, 0.4) is 0 Å². The molecule has 1 amide bonds. The van der Waals surface area contributed by atoms with Gasteiger partial charge in [0.25, 0.3) is 5.91 Å². The van der Waals surface area contributed by atoms with Crippen molar-refractivity contribution >= 4 is 5.91 Å². The van der Waals surface area contributed by atoms with Crippen LogP contribution in [0.15, 0.2) is 4.42 Å². The first kappa shape index (κ1) is 14.8. The van der Waals surface area contributed by atoms with E-state index in [1.165, 1.54) is 0 Å². The number of carbonyl (C=O) groups is 1. The number of hydrogen-bond donors (Lipinski definition) is 2. The highest BCUT2D eigenvalue weighted by Gasteiger charge is 2.22. The maximum Gasteiger partial charge on any atom is 0.255 e. The Morgan fingerprint density at radius 1 is 1.28 bits per heavy atom. The van der Waals surface area contributed by atoms with Crippen molar-refractivity contribution in [2.75, 3.05) is 6.61 Å². The lowest BCUT2D eigenvalue weighted by Gasteiger charge is -2.21. The number of aryl methyl sites for hydroxylation is 2. The molecule has 1 atom stereocenters. The molecule has 0 saturated carbocycles. The predicted octanol–water partition coefficient (Wildman–Crippen LogP) is 2.34. The minimum atomic E-state index is -0.117.